The van der Waals surface area contributed by atoms with Crippen LogP contribution < -0.4 is 0 Å². The van der Waals surface area contributed by atoms with E-state index < -0.39 is 9.84 Å². The zero-order chi connectivity index (χ0) is 7.61. The van der Waals surface area contributed by atoms with Gasteiger partial charge in [0.1, 0.15) is 5.88 Å². The monoisotopic (exact) mass is 163 g/mol. The fraction of sp³-hybridized carbons (Fsp3) is 1.00. The van der Waals surface area contributed by atoms with Crippen molar-refractivity contribution < 1.29 is 8.42 Å². The van der Waals surface area contributed by atoms with Gasteiger partial charge < -0.3 is 0 Å². The van der Waals surface area contributed by atoms with Crippen LogP contribution in [-0.4, -0.2) is 38.5 Å². The van der Waals surface area contributed by atoms with E-state index in [-0.39, 0.29) is 5.88 Å². The third kappa shape index (κ3) is 2.66. The number of sulfone groups is 1. The molecule has 3 nitrogen and oxygen atoms in total. The number of likely N-dealkylation sites (tertiary alicyclic amines) is 1. The smallest absolute Gasteiger partial charge is 0.160 e. The lowest BCUT2D eigenvalue weighted by molar-refractivity contribution is 0.389. The third-order valence-corrected chi connectivity index (χ3v) is 2.45. The lowest BCUT2D eigenvalue weighted by Crippen LogP contribution is -2.25. The summed E-state index contributed by atoms with van der Waals surface area (Å²) in [6.07, 6.45) is 3.58. The Bertz CT molecular complexity index is 192. The Hall–Kier alpha value is -0.0900. The number of hydrogen-bond donors (Lipinski definition) is 0. The van der Waals surface area contributed by atoms with Crippen molar-refractivity contribution in [3.8, 4) is 0 Å². The molecule has 4 heteroatoms. The summed E-state index contributed by atoms with van der Waals surface area (Å²) in [7, 11) is -2.78. The van der Waals surface area contributed by atoms with Crippen molar-refractivity contribution in [3.05, 3.63) is 0 Å². The minimum Gasteiger partial charge on any atom is -0.290 e. The molecule has 1 fully saturated rings. The Morgan fingerprint density at radius 3 is 2.20 bits per heavy atom. The average molecular weight is 163 g/mol. The number of hydrogen-bond acceptors (Lipinski definition) is 3. The van der Waals surface area contributed by atoms with Gasteiger partial charge in [0, 0.05) is 6.26 Å². The van der Waals surface area contributed by atoms with E-state index >= 15 is 0 Å². The van der Waals surface area contributed by atoms with Gasteiger partial charge in [-0.3, -0.25) is 4.90 Å². The Morgan fingerprint density at radius 1 is 1.30 bits per heavy atom. The van der Waals surface area contributed by atoms with Crippen molar-refractivity contribution in [2.75, 3.05) is 25.2 Å². The van der Waals surface area contributed by atoms with E-state index in [2.05, 4.69) is 0 Å². The van der Waals surface area contributed by atoms with Crippen LogP contribution in [0.2, 0.25) is 0 Å². The number of rotatable bonds is 2. The van der Waals surface area contributed by atoms with Gasteiger partial charge in [0.25, 0.3) is 0 Å². The third-order valence-electron chi connectivity index (χ3n) is 1.62. The van der Waals surface area contributed by atoms with Gasteiger partial charge in [0.2, 0.25) is 0 Å². The van der Waals surface area contributed by atoms with Crippen LogP contribution in [0.15, 0.2) is 0 Å². The molecule has 1 aliphatic rings. The summed E-state index contributed by atoms with van der Waals surface area (Å²) in [4.78, 5) is 1.98. The van der Waals surface area contributed by atoms with Crippen molar-refractivity contribution in [3.63, 3.8) is 0 Å². The van der Waals surface area contributed by atoms with Crippen molar-refractivity contribution in [2.24, 2.45) is 0 Å². The first-order valence-corrected chi connectivity index (χ1v) is 5.54. The highest BCUT2D eigenvalue weighted by Crippen LogP contribution is 2.07. The second-order valence-corrected chi connectivity index (χ2v) is 4.99. The summed E-state index contributed by atoms with van der Waals surface area (Å²) in [5.74, 6) is 0.243. The molecule has 0 bridgehead atoms. The second-order valence-electron chi connectivity index (χ2n) is 2.88. The van der Waals surface area contributed by atoms with Gasteiger partial charge in [-0.05, 0) is 25.9 Å². The van der Waals surface area contributed by atoms with Crippen molar-refractivity contribution in [1.29, 1.82) is 0 Å². The highest BCUT2D eigenvalue weighted by molar-refractivity contribution is 7.90. The van der Waals surface area contributed by atoms with E-state index in [4.69, 9.17) is 0 Å². The molecule has 10 heavy (non-hydrogen) atoms. The Labute approximate surface area is 61.9 Å². The molecule has 0 aliphatic carbocycles. The summed E-state index contributed by atoms with van der Waals surface area (Å²) >= 11 is 0. The minimum atomic E-state index is -2.78. The molecular weight excluding hydrogens is 150 g/mol. The van der Waals surface area contributed by atoms with Crippen LogP contribution in [0.3, 0.4) is 0 Å². The molecule has 0 spiro atoms. The fourth-order valence-electron chi connectivity index (χ4n) is 1.24. The molecular formula is C6H13NO2S. The second kappa shape index (κ2) is 2.88. The van der Waals surface area contributed by atoms with Crippen LogP contribution in [0.4, 0.5) is 0 Å². The van der Waals surface area contributed by atoms with Gasteiger partial charge >= 0.3 is 0 Å². The van der Waals surface area contributed by atoms with E-state index in [1.54, 1.807) is 0 Å². The highest BCUT2D eigenvalue weighted by Gasteiger charge is 2.15. The first-order chi connectivity index (χ1) is 4.58. The van der Waals surface area contributed by atoms with Crippen LogP contribution in [0.5, 0.6) is 0 Å². The van der Waals surface area contributed by atoms with E-state index in [0.717, 1.165) is 25.9 Å². The van der Waals surface area contributed by atoms with E-state index in [9.17, 15) is 8.42 Å². The average Bonchev–Trinajstić information content (AvgIpc) is 2.12. The molecule has 1 heterocycles. The first kappa shape index (κ1) is 8.01. The molecule has 60 valence electrons. The Balaban J connectivity index is 2.38. The van der Waals surface area contributed by atoms with Gasteiger partial charge in [-0.2, -0.15) is 0 Å². The molecule has 0 aromatic heterocycles. The van der Waals surface area contributed by atoms with Crippen LogP contribution in [0.25, 0.3) is 0 Å². The molecule has 0 saturated carbocycles. The Kier molecular flexibility index (Phi) is 2.31. The summed E-state index contributed by atoms with van der Waals surface area (Å²) in [6.45, 7) is 1.90. The van der Waals surface area contributed by atoms with Crippen molar-refractivity contribution in [2.45, 2.75) is 12.8 Å². The molecule has 0 aromatic carbocycles. The summed E-state index contributed by atoms with van der Waals surface area (Å²) in [5, 5.41) is 0. The summed E-state index contributed by atoms with van der Waals surface area (Å²) in [5.41, 5.74) is 0. The molecule has 1 saturated heterocycles. The first-order valence-electron chi connectivity index (χ1n) is 3.48. The predicted octanol–water partition coefficient (Wildman–Crippen LogP) is 0.0843. The van der Waals surface area contributed by atoms with Gasteiger partial charge in [0.05, 0.1) is 0 Å². The zero-order valence-electron chi connectivity index (χ0n) is 6.21. The summed E-state index contributed by atoms with van der Waals surface area (Å²) < 4.78 is 21.5. The predicted molar refractivity (Wildman–Crippen MR) is 40.5 cm³/mol. The standard InChI is InChI=1S/C6H13NO2S/c1-10(8,9)6-7-4-2-3-5-7/h2-6H2,1H3. The van der Waals surface area contributed by atoms with Crippen molar-refractivity contribution in [1.82, 2.24) is 4.90 Å². The normalized spacial score (nSPS) is 21.7. The molecule has 0 N–H and O–H groups in total. The molecule has 0 amide bonds. The lowest BCUT2D eigenvalue weighted by Gasteiger charge is -2.11. The number of nitrogens with zero attached hydrogens (tertiary/aromatic N) is 1. The fourth-order valence-corrected chi connectivity index (χ4v) is 2.16. The van der Waals surface area contributed by atoms with Gasteiger partial charge in [-0.25, -0.2) is 8.42 Å². The van der Waals surface area contributed by atoms with Crippen LogP contribution in [-0.2, 0) is 9.84 Å². The molecule has 0 aromatic rings. The van der Waals surface area contributed by atoms with E-state index in [0.29, 0.717) is 0 Å². The van der Waals surface area contributed by atoms with Crippen LogP contribution in [0.1, 0.15) is 12.8 Å². The van der Waals surface area contributed by atoms with Crippen molar-refractivity contribution >= 4 is 9.84 Å². The maximum atomic E-state index is 10.7. The van der Waals surface area contributed by atoms with Crippen LogP contribution >= 0.6 is 0 Å². The SMILES string of the molecule is CS(=O)(=O)CN1CCCC1. The van der Waals surface area contributed by atoms with E-state index in [1.165, 1.54) is 6.26 Å². The van der Waals surface area contributed by atoms with Crippen LogP contribution in [0, 0.1) is 0 Å². The Morgan fingerprint density at radius 2 is 1.80 bits per heavy atom. The van der Waals surface area contributed by atoms with Gasteiger partial charge in [-0.15, -0.1) is 0 Å². The maximum absolute atomic E-state index is 10.7. The quantitative estimate of drug-likeness (QED) is 0.578. The largest absolute Gasteiger partial charge is 0.290 e. The van der Waals surface area contributed by atoms with Gasteiger partial charge in [0.15, 0.2) is 9.84 Å². The molecule has 0 radical (unpaired) electrons. The highest BCUT2D eigenvalue weighted by atomic mass is 32.2. The summed E-state index contributed by atoms with van der Waals surface area (Å²) in [6, 6.07) is 0. The lowest BCUT2D eigenvalue weighted by atomic mass is 10.4. The van der Waals surface area contributed by atoms with Gasteiger partial charge in [-0.1, -0.05) is 0 Å². The molecule has 0 unspecified atom stereocenters. The molecule has 1 aliphatic heterocycles. The maximum Gasteiger partial charge on any atom is 0.160 e. The topological polar surface area (TPSA) is 37.4 Å². The molecule has 1 rings (SSSR count). The minimum absolute atomic E-state index is 0.243. The zero-order valence-corrected chi connectivity index (χ0v) is 7.02. The molecule has 0 atom stereocenters. The van der Waals surface area contributed by atoms with E-state index in [1.807, 2.05) is 4.90 Å².